The Bertz CT molecular complexity index is 807. The van der Waals surface area contributed by atoms with Gasteiger partial charge in [-0.15, -0.1) is 0 Å². The predicted molar refractivity (Wildman–Crippen MR) is 91.1 cm³/mol. The molecule has 2 unspecified atom stereocenters. The van der Waals surface area contributed by atoms with E-state index in [1.807, 2.05) is 18.2 Å². The lowest BCUT2D eigenvalue weighted by atomic mass is 10.0. The lowest BCUT2D eigenvalue weighted by Crippen LogP contribution is -2.47. The molecule has 2 bridgehead atoms. The minimum absolute atomic E-state index is 0.0732. The van der Waals surface area contributed by atoms with Gasteiger partial charge in [0.15, 0.2) is 0 Å². The molecule has 5 heteroatoms. The first-order valence-electron chi connectivity index (χ1n) is 8.78. The Hall–Kier alpha value is -1.98. The SMILES string of the molecule is O=C(NCC12CNC(CO1)C2)c1nc2ccccc2cc1C1CC1. The smallest absolute Gasteiger partial charge is 0.270 e. The first-order valence-corrected chi connectivity index (χ1v) is 8.78. The van der Waals surface area contributed by atoms with Gasteiger partial charge in [-0.25, -0.2) is 4.98 Å². The number of amides is 1. The number of rotatable bonds is 4. The summed E-state index contributed by atoms with van der Waals surface area (Å²) in [4.78, 5) is 17.5. The molecule has 5 rings (SSSR count). The molecule has 3 fully saturated rings. The van der Waals surface area contributed by atoms with Crippen LogP contribution in [0, 0.1) is 0 Å². The number of benzene rings is 1. The molecule has 24 heavy (non-hydrogen) atoms. The molecule has 1 aliphatic carbocycles. The molecule has 3 heterocycles. The third kappa shape index (κ3) is 2.39. The Balaban J connectivity index is 1.42. The second-order valence-corrected chi connectivity index (χ2v) is 7.35. The van der Waals surface area contributed by atoms with Gasteiger partial charge in [0.2, 0.25) is 0 Å². The van der Waals surface area contributed by atoms with Crippen LogP contribution in [0.2, 0.25) is 0 Å². The number of hydrogen-bond acceptors (Lipinski definition) is 4. The molecule has 2 aliphatic heterocycles. The number of aromatic nitrogens is 1. The number of pyridine rings is 1. The standard InChI is InChI=1S/C19H21N3O2/c23-18(21-11-19-8-14(9-24-19)20-10-19)17-15(12-5-6-12)7-13-3-1-2-4-16(13)22-17/h1-4,7,12,14,20H,5-6,8-11H2,(H,21,23). The normalized spacial score (nSPS) is 28.4. The van der Waals surface area contributed by atoms with Gasteiger partial charge in [-0.2, -0.15) is 0 Å². The maximum Gasteiger partial charge on any atom is 0.270 e. The van der Waals surface area contributed by atoms with E-state index in [0.717, 1.165) is 48.9 Å². The zero-order valence-corrected chi connectivity index (χ0v) is 13.5. The summed E-state index contributed by atoms with van der Waals surface area (Å²) in [6.07, 6.45) is 3.28. The van der Waals surface area contributed by atoms with Crippen molar-refractivity contribution in [2.75, 3.05) is 19.7 Å². The van der Waals surface area contributed by atoms with E-state index in [2.05, 4.69) is 27.8 Å². The number of fused-ring (bicyclic) bond motifs is 3. The Morgan fingerprint density at radius 1 is 1.38 bits per heavy atom. The molecule has 1 aromatic carbocycles. The van der Waals surface area contributed by atoms with Crippen LogP contribution in [0.25, 0.3) is 10.9 Å². The van der Waals surface area contributed by atoms with Crippen LogP contribution in [0.15, 0.2) is 30.3 Å². The zero-order chi connectivity index (χ0) is 16.1. The average Bonchev–Trinajstić information content (AvgIpc) is 3.29. The van der Waals surface area contributed by atoms with Gasteiger partial charge in [0, 0.05) is 24.5 Å². The quantitative estimate of drug-likeness (QED) is 0.903. The number of nitrogens with one attached hydrogen (secondary N) is 2. The van der Waals surface area contributed by atoms with Crippen molar-refractivity contribution in [3.05, 3.63) is 41.6 Å². The fourth-order valence-electron chi connectivity index (χ4n) is 3.96. The van der Waals surface area contributed by atoms with Crippen molar-refractivity contribution in [3.63, 3.8) is 0 Å². The lowest BCUT2D eigenvalue weighted by Gasteiger charge is -2.27. The van der Waals surface area contributed by atoms with Crippen molar-refractivity contribution >= 4 is 16.8 Å². The Morgan fingerprint density at radius 2 is 2.25 bits per heavy atom. The van der Waals surface area contributed by atoms with Crippen LogP contribution < -0.4 is 10.6 Å². The van der Waals surface area contributed by atoms with Crippen molar-refractivity contribution in [2.45, 2.75) is 36.8 Å². The molecular formula is C19H21N3O2. The van der Waals surface area contributed by atoms with Gasteiger partial charge in [0.1, 0.15) is 5.69 Å². The van der Waals surface area contributed by atoms with E-state index in [9.17, 15) is 4.79 Å². The summed E-state index contributed by atoms with van der Waals surface area (Å²) in [6, 6.07) is 10.6. The van der Waals surface area contributed by atoms with Crippen molar-refractivity contribution in [3.8, 4) is 0 Å². The van der Waals surface area contributed by atoms with Crippen LogP contribution in [0.3, 0.4) is 0 Å². The van der Waals surface area contributed by atoms with E-state index >= 15 is 0 Å². The third-order valence-corrected chi connectivity index (χ3v) is 5.48. The summed E-state index contributed by atoms with van der Waals surface area (Å²) >= 11 is 0. The highest BCUT2D eigenvalue weighted by Gasteiger charge is 2.46. The van der Waals surface area contributed by atoms with E-state index in [4.69, 9.17) is 4.74 Å². The molecule has 2 saturated heterocycles. The minimum atomic E-state index is -0.225. The molecule has 2 atom stereocenters. The van der Waals surface area contributed by atoms with Crippen LogP contribution in [-0.4, -0.2) is 42.2 Å². The summed E-state index contributed by atoms with van der Waals surface area (Å²) in [5, 5.41) is 7.62. The van der Waals surface area contributed by atoms with Crippen LogP contribution in [-0.2, 0) is 4.74 Å². The van der Waals surface area contributed by atoms with Gasteiger partial charge in [0.25, 0.3) is 5.91 Å². The van der Waals surface area contributed by atoms with Gasteiger partial charge in [-0.3, -0.25) is 4.79 Å². The molecule has 2 N–H and O–H groups in total. The lowest BCUT2D eigenvalue weighted by molar-refractivity contribution is -0.00418. The maximum absolute atomic E-state index is 12.8. The number of nitrogens with zero attached hydrogens (tertiary/aromatic N) is 1. The molecule has 0 spiro atoms. The summed E-state index contributed by atoms with van der Waals surface area (Å²) in [5.41, 5.74) is 2.34. The first kappa shape index (κ1) is 14.4. The highest BCUT2D eigenvalue weighted by Crippen LogP contribution is 2.42. The summed E-state index contributed by atoms with van der Waals surface area (Å²) in [7, 11) is 0. The van der Waals surface area contributed by atoms with Crippen LogP contribution in [0.4, 0.5) is 0 Å². The zero-order valence-electron chi connectivity index (χ0n) is 13.5. The van der Waals surface area contributed by atoms with E-state index in [1.165, 1.54) is 0 Å². The van der Waals surface area contributed by atoms with Crippen LogP contribution >= 0.6 is 0 Å². The fraction of sp³-hybridized carbons (Fsp3) is 0.474. The molecule has 2 aromatic rings. The monoisotopic (exact) mass is 323 g/mol. The van der Waals surface area contributed by atoms with E-state index in [-0.39, 0.29) is 11.5 Å². The Morgan fingerprint density at radius 3 is 2.96 bits per heavy atom. The van der Waals surface area contributed by atoms with Crippen molar-refractivity contribution < 1.29 is 9.53 Å². The summed E-state index contributed by atoms with van der Waals surface area (Å²) in [5.74, 6) is 0.414. The minimum Gasteiger partial charge on any atom is -0.370 e. The Labute approximate surface area is 140 Å². The summed E-state index contributed by atoms with van der Waals surface area (Å²) < 4.78 is 5.89. The number of para-hydroxylation sites is 1. The molecular weight excluding hydrogens is 302 g/mol. The number of ether oxygens (including phenoxy) is 1. The molecule has 5 nitrogen and oxygen atoms in total. The molecule has 124 valence electrons. The van der Waals surface area contributed by atoms with Crippen molar-refractivity contribution in [1.82, 2.24) is 15.6 Å². The van der Waals surface area contributed by atoms with E-state index in [1.54, 1.807) is 0 Å². The molecule has 1 saturated carbocycles. The van der Waals surface area contributed by atoms with Gasteiger partial charge in [-0.1, -0.05) is 18.2 Å². The average molecular weight is 323 g/mol. The van der Waals surface area contributed by atoms with Crippen LogP contribution in [0.5, 0.6) is 0 Å². The second-order valence-electron chi connectivity index (χ2n) is 7.35. The van der Waals surface area contributed by atoms with Gasteiger partial charge >= 0.3 is 0 Å². The highest BCUT2D eigenvalue weighted by molar-refractivity contribution is 5.97. The molecule has 3 aliphatic rings. The Kier molecular flexibility index (Phi) is 3.15. The number of carbonyl (C=O) groups excluding carboxylic acids is 1. The highest BCUT2D eigenvalue weighted by atomic mass is 16.5. The first-order chi connectivity index (χ1) is 11.7. The maximum atomic E-state index is 12.8. The van der Waals surface area contributed by atoms with E-state index < -0.39 is 0 Å². The second kappa shape index (κ2) is 5.26. The fourth-order valence-corrected chi connectivity index (χ4v) is 3.96. The van der Waals surface area contributed by atoms with Crippen molar-refractivity contribution in [1.29, 1.82) is 0 Å². The van der Waals surface area contributed by atoms with E-state index in [0.29, 0.717) is 24.2 Å². The third-order valence-electron chi connectivity index (χ3n) is 5.48. The number of hydrogen-bond donors (Lipinski definition) is 2. The van der Waals surface area contributed by atoms with Gasteiger partial charge in [-0.05, 0) is 42.9 Å². The molecule has 0 radical (unpaired) electrons. The topological polar surface area (TPSA) is 63.2 Å². The summed E-state index contributed by atoms with van der Waals surface area (Å²) in [6.45, 7) is 2.12. The van der Waals surface area contributed by atoms with Crippen LogP contribution in [0.1, 0.15) is 41.2 Å². The van der Waals surface area contributed by atoms with Crippen molar-refractivity contribution in [2.24, 2.45) is 0 Å². The van der Waals surface area contributed by atoms with Gasteiger partial charge in [0.05, 0.1) is 17.7 Å². The molecule has 1 amide bonds. The predicted octanol–water partition coefficient (Wildman–Crippen LogP) is 1.97. The number of morpholine rings is 1. The largest absolute Gasteiger partial charge is 0.370 e. The molecule has 1 aromatic heterocycles. The number of carbonyl (C=O) groups is 1. The van der Waals surface area contributed by atoms with Gasteiger partial charge < -0.3 is 15.4 Å².